The Morgan fingerprint density at radius 3 is 2.88 bits per heavy atom. The Labute approximate surface area is 238 Å². The van der Waals surface area contributed by atoms with Crippen LogP contribution in [0.15, 0.2) is 64.3 Å². The number of carbonyl (C=O) groups excluding carboxylic acids is 2. The quantitative estimate of drug-likeness (QED) is 0.263. The molecule has 1 atom stereocenters. The number of methoxy groups -OCH3 is 1. The van der Waals surface area contributed by atoms with Crippen LogP contribution in [0, 0.1) is 5.92 Å². The Balaban J connectivity index is 1.34. The average molecular weight is 561 g/mol. The van der Waals surface area contributed by atoms with Gasteiger partial charge in [-0.3, -0.25) is 19.5 Å². The molecule has 0 bridgehead atoms. The summed E-state index contributed by atoms with van der Waals surface area (Å²) in [7, 11) is 1.61. The van der Waals surface area contributed by atoms with Crippen LogP contribution in [0.25, 0.3) is 10.9 Å². The summed E-state index contributed by atoms with van der Waals surface area (Å²) in [5.41, 5.74) is 3.55. The predicted molar refractivity (Wildman–Crippen MR) is 160 cm³/mol. The lowest BCUT2D eigenvalue weighted by molar-refractivity contribution is -0.119. The number of Topliss-reactive ketones (excluding diaryl/α,β-unsaturated/α-hetero) is 1. The molecule has 5 rings (SSSR count). The Morgan fingerprint density at radius 2 is 2.17 bits per heavy atom. The number of carbonyl (C=O) groups is 2. The van der Waals surface area contributed by atoms with Gasteiger partial charge in [-0.1, -0.05) is 24.6 Å². The van der Waals surface area contributed by atoms with Gasteiger partial charge in [-0.25, -0.2) is 4.98 Å². The molecule has 1 aromatic carbocycles. The second-order valence-electron chi connectivity index (χ2n) is 10.1. The number of nitrogens with zero attached hydrogens (tertiary/aromatic N) is 4. The van der Waals surface area contributed by atoms with E-state index in [1.54, 1.807) is 18.2 Å². The number of ether oxygens (including phenoxy) is 1. The molecule has 10 heteroatoms. The number of benzene rings is 1. The fourth-order valence-corrected chi connectivity index (χ4v) is 6.02. The first-order valence-electron chi connectivity index (χ1n) is 13.8. The molecule has 1 aliphatic carbocycles. The van der Waals surface area contributed by atoms with E-state index in [1.165, 1.54) is 16.9 Å². The van der Waals surface area contributed by atoms with E-state index in [0.29, 0.717) is 29.4 Å². The lowest BCUT2D eigenvalue weighted by atomic mass is 9.83. The molecule has 1 unspecified atom stereocenters. The highest BCUT2D eigenvalue weighted by molar-refractivity contribution is 7.13. The number of fused-ring (bicyclic) bond motifs is 1. The van der Waals surface area contributed by atoms with Gasteiger partial charge in [-0.15, -0.1) is 11.3 Å². The third kappa shape index (κ3) is 5.96. The van der Waals surface area contributed by atoms with Crippen LogP contribution in [0.5, 0.6) is 5.75 Å². The maximum atomic E-state index is 13.8. The van der Waals surface area contributed by atoms with E-state index >= 15 is 0 Å². The van der Waals surface area contributed by atoms with Gasteiger partial charge in [0.15, 0.2) is 16.9 Å². The topological polar surface area (TPSA) is 101 Å². The van der Waals surface area contributed by atoms with E-state index in [2.05, 4.69) is 33.6 Å². The molecule has 1 amide bonds. The number of rotatable bonds is 11. The Morgan fingerprint density at radius 1 is 1.30 bits per heavy atom. The van der Waals surface area contributed by atoms with Crippen molar-refractivity contribution in [3.63, 3.8) is 0 Å². The molecule has 0 saturated heterocycles. The van der Waals surface area contributed by atoms with Crippen molar-refractivity contribution in [2.75, 3.05) is 38.2 Å². The Kier molecular flexibility index (Phi) is 8.64. The van der Waals surface area contributed by atoms with E-state index in [4.69, 9.17) is 4.74 Å². The second kappa shape index (κ2) is 12.5. The fourth-order valence-electron chi connectivity index (χ4n) is 5.30. The molecule has 2 aliphatic rings. The molecule has 9 nitrogen and oxygen atoms in total. The van der Waals surface area contributed by atoms with Crippen LogP contribution < -0.4 is 20.3 Å². The molecule has 1 aliphatic heterocycles. The zero-order valence-corrected chi connectivity index (χ0v) is 24.1. The van der Waals surface area contributed by atoms with Gasteiger partial charge in [0.05, 0.1) is 19.2 Å². The molecule has 210 valence electrons. The highest BCUT2D eigenvalue weighted by Crippen LogP contribution is 2.33. The van der Waals surface area contributed by atoms with Crippen molar-refractivity contribution in [2.45, 2.75) is 39.7 Å². The summed E-state index contributed by atoms with van der Waals surface area (Å²) in [6.07, 6.45) is 10.3. The molecule has 0 fully saturated rings. The van der Waals surface area contributed by atoms with Crippen molar-refractivity contribution in [3.05, 3.63) is 64.8 Å². The number of guanidine groups is 1. The molecule has 2 aromatic heterocycles. The van der Waals surface area contributed by atoms with Crippen molar-refractivity contribution < 1.29 is 14.3 Å². The standard InChI is InChI=1S/C30H36N6O3S/c1-4-36(30-34-14-15-40-30)27(37)19-35-18-25(24-10-9-23(39-3)17-26(24)35)28(38)22-8-7-21(20(2)16-22)6-5-11-31-29-32-12-13-33-29/h7-10,14-15,17-18,20H,4-6,11-13,16,19H2,1-3H3,(H2,31,32,33). The predicted octanol–water partition coefficient (Wildman–Crippen LogP) is 4.56. The number of ketones is 1. The normalized spacial score (nSPS) is 16.7. The number of amides is 1. The first-order chi connectivity index (χ1) is 19.5. The number of likely N-dealkylation sites (N-methyl/N-ethyl adjacent to an activating group) is 1. The van der Waals surface area contributed by atoms with E-state index < -0.39 is 0 Å². The van der Waals surface area contributed by atoms with E-state index in [-0.39, 0.29) is 24.2 Å². The van der Waals surface area contributed by atoms with E-state index in [0.717, 1.165) is 54.9 Å². The molecule has 3 heterocycles. The zero-order valence-electron chi connectivity index (χ0n) is 23.3. The van der Waals surface area contributed by atoms with E-state index in [1.807, 2.05) is 47.3 Å². The molecule has 3 aromatic rings. The molecule has 40 heavy (non-hydrogen) atoms. The highest BCUT2D eigenvalue weighted by Gasteiger charge is 2.25. The van der Waals surface area contributed by atoms with E-state index in [9.17, 15) is 9.59 Å². The van der Waals surface area contributed by atoms with Crippen LogP contribution >= 0.6 is 11.3 Å². The fraction of sp³-hybridized carbons (Fsp3) is 0.400. The van der Waals surface area contributed by atoms with Gasteiger partial charge < -0.3 is 19.9 Å². The SMILES string of the molecule is CCN(C(=O)Cn1cc(C(=O)C2=CC=C(CCCNC3=NCCN3)C(C)C2)c2ccc(OC)cc21)c1nccs1. The highest BCUT2D eigenvalue weighted by atomic mass is 32.1. The summed E-state index contributed by atoms with van der Waals surface area (Å²) in [5.74, 6) is 1.77. The summed E-state index contributed by atoms with van der Waals surface area (Å²) >= 11 is 1.43. The largest absolute Gasteiger partial charge is 0.497 e. The lowest BCUT2D eigenvalue weighted by Crippen LogP contribution is -2.34. The number of aromatic nitrogens is 2. The number of allylic oxidation sites excluding steroid dienone is 4. The van der Waals surface area contributed by atoms with Gasteiger partial charge in [0.25, 0.3) is 0 Å². The number of nitrogens with one attached hydrogen (secondary N) is 2. The van der Waals surface area contributed by atoms with Crippen LogP contribution in [-0.4, -0.2) is 60.5 Å². The molecule has 0 radical (unpaired) electrons. The monoisotopic (exact) mass is 560 g/mol. The maximum absolute atomic E-state index is 13.8. The summed E-state index contributed by atoms with van der Waals surface area (Å²) in [6.45, 7) is 7.33. The van der Waals surface area contributed by atoms with Gasteiger partial charge in [-0.05, 0) is 44.2 Å². The minimum Gasteiger partial charge on any atom is -0.497 e. The van der Waals surface area contributed by atoms with Crippen molar-refractivity contribution in [1.82, 2.24) is 20.2 Å². The molecular formula is C30H36N6O3S. The number of anilines is 1. The number of aliphatic imine (C=N–C) groups is 1. The minimum atomic E-state index is -0.0838. The Bertz CT molecular complexity index is 1470. The third-order valence-corrected chi connectivity index (χ3v) is 8.26. The average Bonchev–Trinajstić information content (AvgIpc) is 3.74. The lowest BCUT2D eigenvalue weighted by Gasteiger charge is -2.21. The van der Waals surface area contributed by atoms with Crippen LogP contribution in [0.3, 0.4) is 0 Å². The van der Waals surface area contributed by atoms with Gasteiger partial charge in [0, 0.05) is 60.0 Å². The van der Waals surface area contributed by atoms with Crippen molar-refractivity contribution in [3.8, 4) is 5.75 Å². The summed E-state index contributed by atoms with van der Waals surface area (Å²) in [6, 6.07) is 5.65. The van der Waals surface area contributed by atoms with Crippen LogP contribution in [0.2, 0.25) is 0 Å². The maximum Gasteiger partial charge on any atom is 0.248 e. The van der Waals surface area contributed by atoms with Crippen molar-refractivity contribution in [2.24, 2.45) is 10.9 Å². The van der Waals surface area contributed by atoms with Crippen LogP contribution in [-0.2, 0) is 11.3 Å². The number of hydrogen-bond acceptors (Lipinski definition) is 8. The smallest absolute Gasteiger partial charge is 0.248 e. The second-order valence-corrected chi connectivity index (χ2v) is 10.9. The first kappa shape index (κ1) is 27.6. The number of thiazole rings is 1. The van der Waals surface area contributed by atoms with Gasteiger partial charge in [-0.2, -0.15) is 0 Å². The summed E-state index contributed by atoms with van der Waals surface area (Å²) in [5, 5.41) is 9.91. The minimum absolute atomic E-state index is 0.00257. The van der Waals surface area contributed by atoms with Gasteiger partial charge in [0.2, 0.25) is 5.91 Å². The molecule has 0 spiro atoms. The number of hydrogen-bond donors (Lipinski definition) is 2. The zero-order chi connectivity index (χ0) is 28.1. The summed E-state index contributed by atoms with van der Waals surface area (Å²) in [4.78, 5) is 37.5. The van der Waals surface area contributed by atoms with Gasteiger partial charge in [0.1, 0.15) is 12.3 Å². The van der Waals surface area contributed by atoms with Gasteiger partial charge >= 0.3 is 0 Å². The molecular weight excluding hydrogens is 524 g/mol. The first-order valence-corrected chi connectivity index (χ1v) is 14.7. The Hall–Kier alpha value is -3.92. The van der Waals surface area contributed by atoms with Crippen molar-refractivity contribution in [1.29, 1.82) is 0 Å². The molecule has 2 N–H and O–H groups in total. The van der Waals surface area contributed by atoms with Crippen molar-refractivity contribution >= 4 is 45.0 Å². The summed E-state index contributed by atoms with van der Waals surface area (Å²) < 4.78 is 7.31. The van der Waals surface area contributed by atoms with Crippen LogP contribution in [0.1, 0.15) is 43.5 Å². The van der Waals surface area contributed by atoms with Crippen LogP contribution in [0.4, 0.5) is 5.13 Å². The molecule has 0 saturated carbocycles. The third-order valence-electron chi connectivity index (χ3n) is 7.47.